The Morgan fingerprint density at radius 2 is 2.06 bits per heavy atom. The van der Waals surface area contributed by atoms with Crippen molar-refractivity contribution in [2.45, 2.75) is 6.04 Å². The summed E-state index contributed by atoms with van der Waals surface area (Å²) in [5.41, 5.74) is 2.44. The Morgan fingerprint density at radius 1 is 1.22 bits per heavy atom. The molecule has 3 rings (SSSR count). The molecule has 0 spiro atoms. The standard InChI is InChI=1S/C13H13N3O2/c1-14-12(11-3-2-6-18-11)8-4-5-9-10(7-8)16-13(17)15-9/h2-7,12,14H,1H3,(H2,15,16,17). The lowest BCUT2D eigenvalue weighted by Crippen LogP contribution is -2.16. The molecule has 2 aromatic heterocycles. The highest BCUT2D eigenvalue weighted by atomic mass is 16.3. The van der Waals surface area contributed by atoms with Crippen molar-refractivity contribution in [1.29, 1.82) is 0 Å². The molecule has 1 aromatic carbocycles. The van der Waals surface area contributed by atoms with Gasteiger partial charge in [0.05, 0.1) is 23.3 Å². The average Bonchev–Trinajstić information content (AvgIpc) is 2.97. The number of imidazole rings is 1. The van der Waals surface area contributed by atoms with Crippen LogP contribution in [0.2, 0.25) is 0 Å². The minimum atomic E-state index is -0.193. The van der Waals surface area contributed by atoms with Crippen LogP contribution in [-0.4, -0.2) is 17.0 Å². The predicted octanol–water partition coefficient (Wildman–Crippen LogP) is 1.76. The fourth-order valence-electron chi connectivity index (χ4n) is 2.16. The minimum absolute atomic E-state index is 0.0252. The number of benzene rings is 1. The topological polar surface area (TPSA) is 73.8 Å². The molecule has 0 bridgehead atoms. The van der Waals surface area contributed by atoms with Gasteiger partial charge in [-0.2, -0.15) is 0 Å². The predicted molar refractivity (Wildman–Crippen MR) is 68.5 cm³/mol. The first-order chi connectivity index (χ1) is 8.78. The fraction of sp³-hybridized carbons (Fsp3) is 0.154. The Bertz CT molecular complexity index is 709. The molecule has 5 heteroatoms. The van der Waals surface area contributed by atoms with Crippen molar-refractivity contribution in [2.75, 3.05) is 7.05 Å². The maximum atomic E-state index is 11.2. The number of aromatic nitrogens is 2. The lowest BCUT2D eigenvalue weighted by molar-refractivity contribution is 0.463. The van der Waals surface area contributed by atoms with Crippen LogP contribution in [-0.2, 0) is 0 Å². The zero-order valence-corrected chi connectivity index (χ0v) is 9.86. The first kappa shape index (κ1) is 10.9. The van der Waals surface area contributed by atoms with Gasteiger partial charge in [-0.05, 0) is 36.9 Å². The molecule has 0 aliphatic rings. The zero-order valence-electron chi connectivity index (χ0n) is 9.86. The van der Waals surface area contributed by atoms with Crippen LogP contribution in [0.3, 0.4) is 0 Å². The van der Waals surface area contributed by atoms with E-state index in [1.54, 1.807) is 6.26 Å². The summed E-state index contributed by atoms with van der Waals surface area (Å²) in [5, 5.41) is 3.20. The third-order valence-corrected chi connectivity index (χ3v) is 2.99. The second-order valence-corrected chi connectivity index (χ2v) is 4.12. The summed E-state index contributed by atoms with van der Waals surface area (Å²) < 4.78 is 5.42. The van der Waals surface area contributed by atoms with Crippen LogP contribution >= 0.6 is 0 Å². The molecule has 1 unspecified atom stereocenters. The second-order valence-electron chi connectivity index (χ2n) is 4.12. The Kier molecular flexibility index (Phi) is 2.53. The first-order valence-electron chi connectivity index (χ1n) is 5.70. The molecule has 0 saturated heterocycles. The maximum absolute atomic E-state index is 11.2. The van der Waals surface area contributed by atoms with Gasteiger partial charge in [0.1, 0.15) is 5.76 Å². The monoisotopic (exact) mass is 243 g/mol. The number of nitrogens with one attached hydrogen (secondary N) is 3. The highest BCUT2D eigenvalue weighted by Crippen LogP contribution is 2.23. The van der Waals surface area contributed by atoms with Crippen molar-refractivity contribution >= 4 is 11.0 Å². The SMILES string of the molecule is CNC(c1ccc2[nH]c(=O)[nH]c2c1)c1ccco1. The van der Waals surface area contributed by atoms with E-state index in [9.17, 15) is 4.79 Å². The Morgan fingerprint density at radius 3 is 2.78 bits per heavy atom. The molecule has 3 N–H and O–H groups in total. The highest BCUT2D eigenvalue weighted by Gasteiger charge is 2.15. The fourth-order valence-corrected chi connectivity index (χ4v) is 2.16. The molecule has 0 saturated carbocycles. The number of furan rings is 1. The van der Waals surface area contributed by atoms with Crippen LogP contribution in [0.25, 0.3) is 11.0 Å². The van der Waals surface area contributed by atoms with Crippen LogP contribution in [0, 0.1) is 0 Å². The van der Waals surface area contributed by atoms with Crippen molar-refractivity contribution in [2.24, 2.45) is 0 Å². The molecule has 0 aliphatic carbocycles. The van der Waals surface area contributed by atoms with Crippen LogP contribution < -0.4 is 11.0 Å². The van der Waals surface area contributed by atoms with Crippen LogP contribution in [0.4, 0.5) is 0 Å². The largest absolute Gasteiger partial charge is 0.467 e. The third-order valence-electron chi connectivity index (χ3n) is 2.99. The van der Waals surface area contributed by atoms with E-state index >= 15 is 0 Å². The summed E-state index contributed by atoms with van der Waals surface area (Å²) in [4.78, 5) is 16.7. The van der Waals surface area contributed by atoms with E-state index in [1.165, 1.54) is 0 Å². The van der Waals surface area contributed by atoms with Gasteiger partial charge in [-0.1, -0.05) is 6.07 Å². The van der Waals surface area contributed by atoms with E-state index in [-0.39, 0.29) is 11.7 Å². The number of hydrogen-bond acceptors (Lipinski definition) is 3. The third kappa shape index (κ3) is 1.74. The molecular weight excluding hydrogens is 230 g/mol. The summed E-state index contributed by atoms with van der Waals surface area (Å²) in [7, 11) is 1.87. The minimum Gasteiger partial charge on any atom is -0.467 e. The second kappa shape index (κ2) is 4.19. The highest BCUT2D eigenvalue weighted by molar-refractivity contribution is 5.75. The average molecular weight is 243 g/mol. The Labute approximate surface area is 103 Å². The maximum Gasteiger partial charge on any atom is 0.323 e. The van der Waals surface area contributed by atoms with Crippen molar-refractivity contribution in [3.63, 3.8) is 0 Å². The summed E-state index contributed by atoms with van der Waals surface area (Å²) in [6.45, 7) is 0. The van der Waals surface area contributed by atoms with E-state index < -0.39 is 0 Å². The van der Waals surface area contributed by atoms with Gasteiger partial charge < -0.3 is 19.7 Å². The molecular formula is C13H13N3O2. The Balaban J connectivity index is 2.09. The normalized spacial score (nSPS) is 12.9. The van der Waals surface area contributed by atoms with Crippen molar-refractivity contribution in [3.05, 3.63) is 58.4 Å². The molecule has 0 aliphatic heterocycles. The van der Waals surface area contributed by atoms with E-state index in [0.717, 1.165) is 22.4 Å². The number of rotatable bonds is 3. The van der Waals surface area contributed by atoms with Gasteiger partial charge in [0.25, 0.3) is 0 Å². The van der Waals surface area contributed by atoms with E-state index in [2.05, 4.69) is 15.3 Å². The molecule has 0 amide bonds. The van der Waals surface area contributed by atoms with Gasteiger partial charge in [-0.15, -0.1) is 0 Å². The molecule has 3 aromatic rings. The zero-order chi connectivity index (χ0) is 12.5. The van der Waals surface area contributed by atoms with Crippen molar-refractivity contribution in [3.8, 4) is 0 Å². The quantitative estimate of drug-likeness (QED) is 0.656. The lowest BCUT2D eigenvalue weighted by atomic mass is 10.0. The van der Waals surface area contributed by atoms with Crippen LogP contribution in [0.15, 0.2) is 45.8 Å². The molecule has 0 radical (unpaired) electrons. The molecule has 2 heterocycles. The van der Waals surface area contributed by atoms with Gasteiger partial charge in [0, 0.05) is 0 Å². The van der Waals surface area contributed by atoms with Crippen molar-refractivity contribution in [1.82, 2.24) is 15.3 Å². The summed E-state index contributed by atoms with van der Waals surface area (Å²) in [5.74, 6) is 0.842. The number of fused-ring (bicyclic) bond motifs is 1. The molecule has 18 heavy (non-hydrogen) atoms. The van der Waals surface area contributed by atoms with Gasteiger partial charge >= 0.3 is 5.69 Å². The molecule has 5 nitrogen and oxygen atoms in total. The Hall–Kier alpha value is -2.27. The van der Waals surface area contributed by atoms with Crippen molar-refractivity contribution < 1.29 is 4.42 Å². The van der Waals surface area contributed by atoms with Gasteiger partial charge in [-0.25, -0.2) is 4.79 Å². The summed E-state index contributed by atoms with van der Waals surface area (Å²) in [6.07, 6.45) is 1.65. The van der Waals surface area contributed by atoms with E-state index in [0.29, 0.717) is 0 Å². The van der Waals surface area contributed by atoms with E-state index in [4.69, 9.17) is 4.42 Å². The number of hydrogen-bond donors (Lipinski definition) is 3. The molecule has 1 atom stereocenters. The smallest absolute Gasteiger partial charge is 0.323 e. The lowest BCUT2D eigenvalue weighted by Gasteiger charge is -2.13. The molecule has 0 fully saturated rings. The number of H-pyrrole nitrogens is 2. The van der Waals surface area contributed by atoms with Gasteiger partial charge in [-0.3, -0.25) is 0 Å². The van der Waals surface area contributed by atoms with E-state index in [1.807, 2.05) is 37.4 Å². The van der Waals surface area contributed by atoms with Gasteiger partial charge in [0.2, 0.25) is 0 Å². The first-order valence-corrected chi connectivity index (χ1v) is 5.70. The van der Waals surface area contributed by atoms with Crippen LogP contribution in [0.5, 0.6) is 0 Å². The van der Waals surface area contributed by atoms with Crippen LogP contribution in [0.1, 0.15) is 17.4 Å². The summed E-state index contributed by atoms with van der Waals surface area (Å²) in [6, 6.07) is 9.55. The summed E-state index contributed by atoms with van der Waals surface area (Å²) >= 11 is 0. The number of aromatic amines is 2. The van der Waals surface area contributed by atoms with Gasteiger partial charge in [0.15, 0.2) is 0 Å². The molecule has 92 valence electrons.